The Bertz CT molecular complexity index is 1090. The number of halogens is 5. The van der Waals surface area contributed by atoms with E-state index in [9.17, 15) is 22.8 Å². The number of carbonyl (C=O) groups excluding carboxylic acids is 2. The van der Waals surface area contributed by atoms with Gasteiger partial charge in [0.05, 0.1) is 22.8 Å². The quantitative estimate of drug-likeness (QED) is 0.635. The highest BCUT2D eigenvalue weighted by molar-refractivity contribution is 6.32. The minimum Gasteiger partial charge on any atom is -0.495 e. The number of benzene rings is 1. The average molecular weight is 505 g/mol. The van der Waals surface area contributed by atoms with Crippen LogP contribution in [0.4, 0.5) is 13.2 Å². The Hall–Kier alpha value is -2.46. The van der Waals surface area contributed by atoms with E-state index in [0.29, 0.717) is 42.5 Å². The minimum absolute atomic E-state index is 0.0897. The van der Waals surface area contributed by atoms with Crippen molar-refractivity contribution in [1.82, 2.24) is 19.6 Å². The van der Waals surface area contributed by atoms with E-state index in [1.54, 1.807) is 28.0 Å². The smallest absolute Gasteiger partial charge is 0.436 e. The van der Waals surface area contributed by atoms with E-state index < -0.39 is 16.9 Å². The van der Waals surface area contributed by atoms with Crippen LogP contribution < -0.4 is 4.74 Å². The second-order valence-corrected chi connectivity index (χ2v) is 9.07. The molecule has 2 saturated heterocycles. The molecule has 178 valence electrons. The Morgan fingerprint density at radius 3 is 2.27 bits per heavy atom. The molecule has 1 aromatic heterocycles. The molecule has 0 saturated carbocycles. The number of hydrogen-bond donors (Lipinski definition) is 0. The number of alkyl halides is 3. The molecule has 0 N–H and O–H groups in total. The van der Waals surface area contributed by atoms with E-state index in [2.05, 4.69) is 5.10 Å². The molecular weight excluding hydrogens is 484 g/mol. The molecule has 0 aliphatic carbocycles. The van der Waals surface area contributed by atoms with Gasteiger partial charge in [0.1, 0.15) is 12.3 Å². The fourth-order valence-electron chi connectivity index (χ4n) is 4.43. The van der Waals surface area contributed by atoms with Crippen LogP contribution in [0.15, 0.2) is 18.2 Å². The van der Waals surface area contributed by atoms with Gasteiger partial charge in [0, 0.05) is 43.6 Å². The molecule has 33 heavy (non-hydrogen) atoms. The molecule has 2 amide bonds. The third-order valence-electron chi connectivity index (χ3n) is 6.21. The molecule has 0 radical (unpaired) electrons. The Labute approximate surface area is 198 Å². The summed E-state index contributed by atoms with van der Waals surface area (Å²) in [6.07, 6.45) is -4.69. The number of methoxy groups -OCH3 is 1. The van der Waals surface area contributed by atoms with E-state index >= 15 is 0 Å². The summed E-state index contributed by atoms with van der Waals surface area (Å²) in [5.74, 6) is 0.140. The molecule has 7 nitrogen and oxygen atoms in total. The first kappa shape index (κ1) is 23.7. The van der Waals surface area contributed by atoms with Crippen LogP contribution >= 0.6 is 23.2 Å². The highest BCUT2D eigenvalue weighted by atomic mass is 35.5. The molecule has 0 bridgehead atoms. The van der Waals surface area contributed by atoms with Crippen LogP contribution in [0, 0.1) is 18.8 Å². The number of carbonyl (C=O) groups is 2. The summed E-state index contributed by atoms with van der Waals surface area (Å²) < 4.78 is 45.2. The lowest BCUT2D eigenvalue weighted by molar-refractivity contribution is -0.142. The maximum absolute atomic E-state index is 13.0. The Morgan fingerprint density at radius 2 is 1.73 bits per heavy atom. The lowest BCUT2D eigenvalue weighted by Crippen LogP contribution is -2.37. The molecule has 0 spiro atoms. The number of aromatic nitrogens is 2. The Morgan fingerprint density at radius 1 is 1.12 bits per heavy atom. The average Bonchev–Trinajstić information content (AvgIpc) is 3.41. The van der Waals surface area contributed by atoms with Gasteiger partial charge in [-0.3, -0.25) is 14.3 Å². The van der Waals surface area contributed by atoms with Crippen LogP contribution in [-0.2, 0) is 17.5 Å². The first-order valence-corrected chi connectivity index (χ1v) is 11.0. The van der Waals surface area contributed by atoms with Gasteiger partial charge in [-0.25, -0.2) is 0 Å². The molecule has 1 aromatic carbocycles. The number of ether oxygens (including phenoxy) is 1. The van der Waals surface area contributed by atoms with Gasteiger partial charge >= 0.3 is 6.18 Å². The topological polar surface area (TPSA) is 67.7 Å². The van der Waals surface area contributed by atoms with Crippen LogP contribution in [0.5, 0.6) is 5.75 Å². The highest BCUT2D eigenvalue weighted by Crippen LogP contribution is 2.36. The standard InChI is InChI=1S/C21H21Cl2F3N4O3/c1-11-18(23)19(21(24,25)26)27-30(11)10-17(31)28-6-13-8-29(9-14(13)7-28)20(32)12-3-4-15(22)16(5-12)33-2/h3-5,13-14H,6-10H2,1-2H3. The summed E-state index contributed by atoms with van der Waals surface area (Å²) in [6.45, 7) is 2.90. The van der Waals surface area contributed by atoms with Gasteiger partial charge in [0.25, 0.3) is 5.91 Å². The van der Waals surface area contributed by atoms with E-state index in [-0.39, 0.29) is 35.9 Å². The second-order valence-electron chi connectivity index (χ2n) is 8.28. The monoisotopic (exact) mass is 504 g/mol. The Balaban J connectivity index is 1.38. The van der Waals surface area contributed by atoms with Crippen molar-refractivity contribution in [2.45, 2.75) is 19.6 Å². The summed E-state index contributed by atoms with van der Waals surface area (Å²) in [7, 11) is 1.48. The summed E-state index contributed by atoms with van der Waals surface area (Å²) in [5.41, 5.74) is -0.636. The third-order valence-corrected chi connectivity index (χ3v) is 6.98. The van der Waals surface area contributed by atoms with E-state index in [4.69, 9.17) is 27.9 Å². The van der Waals surface area contributed by atoms with E-state index in [1.165, 1.54) is 14.0 Å². The van der Waals surface area contributed by atoms with Gasteiger partial charge in [-0.05, 0) is 25.1 Å². The predicted molar refractivity (Wildman–Crippen MR) is 114 cm³/mol. The molecule has 2 atom stereocenters. The number of amides is 2. The maximum atomic E-state index is 13.0. The first-order valence-electron chi connectivity index (χ1n) is 10.2. The molecule has 12 heteroatoms. The molecule has 2 unspecified atom stereocenters. The van der Waals surface area contributed by atoms with Crippen molar-refractivity contribution in [3.05, 3.63) is 45.2 Å². The lowest BCUT2D eigenvalue weighted by Gasteiger charge is -2.22. The third kappa shape index (κ3) is 4.50. The van der Waals surface area contributed by atoms with Gasteiger partial charge in [-0.2, -0.15) is 18.3 Å². The zero-order valence-electron chi connectivity index (χ0n) is 17.8. The zero-order chi connectivity index (χ0) is 24.1. The van der Waals surface area contributed by atoms with Gasteiger partial charge in [0.2, 0.25) is 5.91 Å². The van der Waals surface area contributed by atoms with Gasteiger partial charge in [0.15, 0.2) is 5.69 Å². The van der Waals surface area contributed by atoms with Crippen molar-refractivity contribution in [1.29, 1.82) is 0 Å². The zero-order valence-corrected chi connectivity index (χ0v) is 19.3. The van der Waals surface area contributed by atoms with Crippen LogP contribution in [0.3, 0.4) is 0 Å². The molecule has 2 aliphatic rings. The summed E-state index contributed by atoms with van der Waals surface area (Å²) in [6, 6.07) is 4.85. The molecular formula is C21H21Cl2F3N4O3. The number of rotatable bonds is 4. The summed E-state index contributed by atoms with van der Waals surface area (Å²) in [5, 5.41) is 3.41. The molecule has 3 heterocycles. The molecule has 2 fully saturated rings. The van der Waals surface area contributed by atoms with Crippen molar-refractivity contribution in [3.8, 4) is 5.75 Å². The number of nitrogens with zero attached hydrogens (tertiary/aromatic N) is 4. The van der Waals surface area contributed by atoms with Crippen molar-refractivity contribution in [2.24, 2.45) is 11.8 Å². The summed E-state index contributed by atoms with van der Waals surface area (Å²) in [4.78, 5) is 29.0. The van der Waals surface area contributed by atoms with E-state index in [0.717, 1.165) is 4.68 Å². The minimum atomic E-state index is -4.69. The normalized spacial score (nSPS) is 20.3. The van der Waals surface area contributed by atoms with Crippen molar-refractivity contribution < 1.29 is 27.5 Å². The summed E-state index contributed by atoms with van der Waals surface area (Å²) >= 11 is 11.8. The fraction of sp³-hybridized carbons (Fsp3) is 0.476. The van der Waals surface area contributed by atoms with Crippen molar-refractivity contribution in [2.75, 3.05) is 33.3 Å². The number of fused-ring (bicyclic) bond motifs is 1. The maximum Gasteiger partial charge on any atom is 0.436 e. The lowest BCUT2D eigenvalue weighted by atomic mass is 10.0. The predicted octanol–water partition coefficient (Wildman–Crippen LogP) is 3.76. The molecule has 2 aliphatic heterocycles. The van der Waals surface area contributed by atoms with Crippen molar-refractivity contribution >= 4 is 35.0 Å². The Kier molecular flexibility index (Phi) is 6.26. The van der Waals surface area contributed by atoms with Crippen LogP contribution in [0.2, 0.25) is 10.0 Å². The van der Waals surface area contributed by atoms with Crippen molar-refractivity contribution in [3.63, 3.8) is 0 Å². The fourth-order valence-corrected chi connectivity index (χ4v) is 4.86. The largest absolute Gasteiger partial charge is 0.495 e. The van der Waals surface area contributed by atoms with Crippen LogP contribution in [0.1, 0.15) is 21.7 Å². The van der Waals surface area contributed by atoms with Gasteiger partial charge in [-0.15, -0.1) is 0 Å². The SMILES string of the molecule is COc1cc(C(=O)N2CC3CN(C(=O)Cn4nc(C(F)(F)F)c(Cl)c4C)CC3C2)ccc1Cl. The number of likely N-dealkylation sites (tertiary alicyclic amines) is 2. The van der Waals surface area contributed by atoms with E-state index in [1.807, 2.05) is 0 Å². The van der Waals surface area contributed by atoms with Gasteiger partial charge in [-0.1, -0.05) is 23.2 Å². The molecule has 4 rings (SSSR count). The van der Waals surface area contributed by atoms with Crippen LogP contribution in [0.25, 0.3) is 0 Å². The number of hydrogen-bond acceptors (Lipinski definition) is 4. The van der Waals surface area contributed by atoms with Crippen LogP contribution in [-0.4, -0.2) is 64.7 Å². The first-order chi connectivity index (χ1) is 15.5. The second kappa shape index (κ2) is 8.72. The highest BCUT2D eigenvalue weighted by Gasteiger charge is 2.43. The molecule has 2 aromatic rings. The van der Waals surface area contributed by atoms with Gasteiger partial charge < -0.3 is 14.5 Å².